The molecule has 0 heterocycles. The molecular formula is C12H13BrF2O2. The van der Waals surface area contributed by atoms with E-state index in [-0.39, 0.29) is 5.75 Å². The fraction of sp³-hybridized carbons (Fsp3) is 0.333. The van der Waals surface area contributed by atoms with Crippen molar-refractivity contribution in [1.29, 1.82) is 0 Å². The molecule has 0 saturated carbocycles. The molecule has 0 fully saturated rings. The summed E-state index contributed by atoms with van der Waals surface area (Å²) in [4.78, 5) is 0. The van der Waals surface area contributed by atoms with Crippen LogP contribution >= 0.6 is 15.9 Å². The highest BCUT2D eigenvalue weighted by Crippen LogP contribution is 2.31. The van der Waals surface area contributed by atoms with Crippen molar-refractivity contribution >= 4 is 15.9 Å². The molecule has 1 aromatic carbocycles. The van der Waals surface area contributed by atoms with Crippen LogP contribution in [0.5, 0.6) is 11.5 Å². The van der Waals surface area contributed by atoms with Gasteiger partial charge in [-0.15, -0.1) is 0 Å². The van der Waals surface area contributed by atoms with Gasteiger partial charge in [-0.1, -0.05) is 15.9 Å². The van der Waals surface area contributed by atoms with Gasteiger partial charge in [-0.2, -0.15) is 4.39 Å². The van der Waals surface area contributed by atoms with Gasteiger partial charge in [0.1, 0.15) is 5.76 Å². The highest BCUT2D eigenvalue weighted by Gasteiger charge is 2.17. The average Bonchev–Trinajstić information content (AvgIpc) is 2.33. The molecule has 0 saturated heterocycles. The molecular weight excluding hydrogens is 294 g/mol. The van der Waals surface area contributed by atoms with Crippen molar-refractivity contribution in [3.05, 3.63) is 35.6 Å². The molecule has 94 valence electrons. The Kier molecular flexibility index (Phi) is 5.41. The molecule has 0 bridgehead atoms. The Balaban J connectivity index is 3.09. The van der Waals surface area contributed by atoms with Crippen molar-refractivity contribution in [1.82, 2.24) is 0 Å². The van der Waals surface area contributed by atoms with E-state index in [1.807, 2.05) is 0 Å². The lowest BCUT2D eigenvalue weighted by molar-refractivity contribution is 0.305. The molecule has 1 aromatic rings. The van der Waals surface area contributed by atoms with Crippen molar-refractivity contribution in [2.45, 2.75) is 13.8 Å². The van der Waals surface area contributed by atoms with Crippen LogP contribution in [0.3, 0.4) is 0 Å². The number of ether oxygens (including phenoxy) is 2. The van der Waals surface area contributed by atoms with Crippen LogP contribution in [0.25, 0.3) is 0 Å². The van der Waals surface area contributed by atoms with Gasteiger partial charge >= 0.3 is 0 Å². The average molecular weight is 307 g/mol. The summed E-state index contributed by atoms with van der Waals surface area (Å²) in [6.07, 6.45) is 1.63. The number of benzene rings is 1. The number of rotatable bonds is 5. The molecule has 0 unspecified atom stereocenters. The van der Waals surface area contributed by atoms with Crippen LogP contribution in [0.4, 0.5) is 8.78 Å². The summed E-state index contributed by atoms with van der Waals surface area (Å²) in [7, 11) is 0. The Morgan fingerprint density at radius 3 is 2.65 bits per heavy atom. The zero-order valence-electron chi connectivity index (χ0n) is 9.60. The van der Waals surface area contributed by atoms with Crippen molar-refractivity contribution < 1.29 is 18.3 Å². The first-order valence-corrected chi connectivity index (χ1v) is 6.26. The van der Waals surface area contributed by atoms with Crippen LogP contribution in [0.1, 0.15) is 13.8 Å². The van der Waals surface area contributed by atoms with E-state index in [1.165, 1.54) is 6.07 Å². The van der Waals surface area contributed by atoms with Gasteiger partial charge in [0.25, 0.3) is 0 Å². The fourth-order valence-electron chi connectivity index (χ4n) is 1.17. The van der Waals surface area contributed by atoms with E-state index in [9.17, 15) is 8.78 Å². The van der Waals surface area contributed by atoms with Crippen LogP contribution in [-0.2, 0) is 0 Å². The topological polar surface area (TPSA) is 18.5 Å². The van der Waals surface area contributed by atoms with Gasteiger partial charge < -0.3 is 9.47 Å². The second kappa shape index (κ2) is 6.59. The van der Waals surface area contributed by atoms with Crippen LogP contribution in [0, 0.1) is 11.6 Å². The molecule has 2 nitrogen and oxygen atoms in total. The minimum absolute atomic E-state index is 0.0195. The lowest BCUT2D eigenvalue weighted by atomic mass is 10.3. The maximum Gasteiger partial charge on any atom is 0.210 e. The van der Waals surface area contributed by atoms with Crippen molar-refractivity contribution in [3.63, 3.8) is 0 Å². The van der Waals surface area contributed by atoms with Gasteiger partial charge in [0.05, 0.1) is 11.9 Å². The molecule has 0 atom stereocenters. The fourth-order valence-corrected chi connectivity index (χ4v) is 1.61. The van der Waals surface area contributed by atoms with E-state index in [0.717, 1.165) is 6.07 Å². The Labute approximate surface area is 107 Å². The van der Waals surface area contributed by atoms with Gasteiger partial charge in [0.15, 0.2) is 11.6 Å². The highest BCUT2D eigenvalue weighted by molar-refractivity contribution is 9.09. The SMILES string of the molecule is C/C=C(\CBr)Oc1c(F)ccc(OCC)c1F. The summed E-state index contributed by atoms with van der Waals surface area (Å²) in [5.74, 6) is -1.62. The van der Waals surface area contributed by atoms with Gasteiger partial charge in [0, 0.05) is 0 Å². The van der Waals surface area contributed by atoms with Crippen LogP contribution in [0.15, 0.2) is 24.0 Å². The number of halogens is 3. The monoisotopic (exact) mass is 306 g/mol. The van der Waals surface area contributed by atoms with E-state index < -0.39 is 17.4 Å². The summed E-state index contributed by atoms with van der Waals surface area (Å²) in [6.45, 7) is 3.74. The molecule has 17 heavy (non-hydrogen) atoms. The first kappa shape index (κ1) is 14.0. The highest BCUT2D eigenvalue weighted by atomic mass is 79.9. The summed E-state index contributed by atoms with van der Waals surface area (Å²) < 4.78 is 37.4. The van der Waals surface area contributed by atoms with Gasteiger partial charge in [-0.05, 0) is 32.1 Å². The predicted octanol–water partition coefficient (Wildman–Crippen LogP) is 4.04. The maximum atomic E-state index is 13.8. The zero-order chi connectivity index (χ0) is 12.8. The molecule has 0 amide bonds. The van der Waals surface area contributed by atoms with Gasteiger partial charge in [-0.25, -0.2) is 4.39 Å². The largest absolute Gasteiger partial charge is 0.491 e. The molecule has 0 radical (unpaired) electrons. The minimum atomic E-state index is -0.827. The summed E-state index contributed by atoms with van der Waals surface area (Å²) in [5.41, 5.74) is 0. The minimum Gasteiger partial charge on any atom is -0.491 e. The molecule has 0 aliphatic heterocycles. The van der Waals surface area contributed by atoms with E-state index in [0.29, 0.717) is 17.7 Å². The molecule has 0 aliphatic carbocycles. The van der Waals surface area contributed by atoms with Gasteiger partial charge in [0.2, 0.25) is 11.6 Å². The lowest BCUT2D eigenvalue weighted by Crippen LogP contribution is -2.03. The van der Waals surface area contributed by atoms with Gasteiger partial charge in [-0.3, -0.25) is 0 Å². The normalized spacial score (nSPS) is 11.5. The van der Waals surface area contributed by atoms with E-state index in [2.05, 4.69) is 15.9 Å². The number of allylic oxidation sites excluding steroid dienone is 2. The molecule has 0 aromatic heterocycles. The van der Waals surface area contributed by atoms with Crippen LogP contribution in [0.2, 0.25) is 0 Å². The van der Waals surface area contributed by atoms with E-state index in [4.69, 9.17) is 9.47 Å². The Morgan fingerprint density at radius 1 is 1.41 bits per heavy atom. The quantitative estimate of drug-likeness (QED) is 0.604. The summed E-state index contributed by atoms with van der Waals surface area (Å²) in [6, 6.07) is 2.36. The van der Waals surface area contributed by atoms with Crippen LogP contribution < -0.4 is 9.47 Å². The Bertz CT molecular complexity index is 419. The van der Waals surface area contributed by atoms with Crippen molar-refractivity contribution in [3.8, 4) is 11.5 Å². The second-order valence-electron chi connectivity index (χ2n) is 3.11. The number of hydrogen-bond donors (Lipinski definition) is 0. The second-order valence-corrected chi connectivity index (χ2v) is 3.67. The third-order valence-corrected chi connectivity index (χ3v) is 2.55. The Hall–Kier alpha value is -1.10. The van der Waals surface area contributed by atoms with Crippen molar-refractivity contribution in [2.24, 2.45) is 0 Å². The molecule has 0 spiro atoms. The maximum absolute atomic E-state index is 13.8. The third kappa shape index (κ3) is 3.43. The molecule has 0 aliphatic rings. The molecule has 0 N–H and O–H groups in total. The Morgan fingerprint density at radius 2 is 2.12 bits per heavy atom. The standard InChI is InChI=1S/C12H13BrF2O2/c1-3-8(7-13)17-12-9(14)5-6-10(11(12)15)16-4-2/h3,5-6H,4,7H2,1-2H3/b8-3+. The first-order valence-electron chi connectivity index (χ1n) is 5.13. The predicted molar refractivity (Wildman–Crippen MR) is 65.7 cm³/mol. The van der Waals surface area contributed by atoms with E-state index >= 15 is 0 Å². The summed E-state index contributed by atoms with van der Waals surface area (Å²) >= 11 is 3.16. The smallest absolute Gasteiger partial charge is 0.210 e. The van der Waals surface area contributed by atoms with E-state index in [1.54, 1.807) is 19.9 Å². The zero-order valence-corrected chi connectivity index (χ0v) is 11.2. The molecule has 1 rings (SSSR count). The number of alkyl halides is 1. The number of hydrogen-bond acceptors (Lipinski definition) is 2. The summed E-state index contributed by atoms with van der Waals surface area (Å²) in [5, 5.41) is 0.376. The lowest BCUT2D eigenvalue weighted by Gasteiger charge is -2.12. The third-order valence-electron chi connectivity index (χ3n) is 2.00. The first-order chi connectivity index (χ1) is 8.13. The van der Waals surface area contributed by atoms with Crippen LogP contribution in [-0.4, -0.2) is 11.9 Å². The molecule has 5 heteroatoms. The van der Waals surface area contributed by atoms with Crippen molar-refractivity contribution in [2.75, 3.05) is 11.9 Å².